The van der Waals surface area contributed by atoms with E-state index in [2.05, 4.69) is 4.98 Å². The standard InChI is InChI=1S/C22H23N3O4/c1-28-15-9-10-16(20(12-15)29-2)18-8-5-11-24(18)22(27)14-25-19-7-4-3-6-17(19)23-13-21(25)26/h3-4,6-7,9-10,12-13,18H,5,8,11,14H2,1-2H3/t18-/m0/s1. The van der Waals surface area contributed by atoms with Crippen molar-refractivity contribution in [3.05, 3.63) is 64.6 Å². The second-order valence-electron chi connectivity index (χ2n) is 7.02. The molecule has 0 unspecified atom stereocenters. The number of amides is 1. The summed E-state index contributed by atoms with van der Waals surface area (Å²) < 4.78 is 12.3. The Morgan fingerprint density at radius 2 is 2.00 bits per heavy atom. The summed E-state index contributed by atoms with van der Waals surface area (Å²) in [5, 5.41) is 0. The maximum atomic E-state index is 13.2. The topological polar surface area (TPSA) is 73.7 Å². The third-order valence-corrected chi connectivity index (χ3v) is 5.42. The van der Waals surface area contributed by atoms with Crippen LogP contribution in [0.5, 0.6) is 11.5 Å². The van der Waals surface area contributed by atoms with Gasteiger partial charge in [0, 0.05) is 18.2 Å². The minimum absolute atomic E-state index is 0.0170. The van der Waals surface area contributed by atoms with Gasteiger partial charge in [0.15, 0.2) is 0 Å². The molecule has 29 heavy (non-hydrogen) atoms. The summed E-state index contributed by atoms with van der Waals surface area (Å²) in [6, 6.07) is 12.9. The average molecular weight is 393 g/mol. The van der Waals surface area contributed by atoms with Gasteiger partial charge in [-0.15, -0.1) is 0 Å². The average Bonchev–Trinajstić information content (AvgIpc) is 3.25. The summed E-state index contributed by atoms with van der Waals surface area (Å²) in [6.45, 7) is 0.632. The van der Waals surface area contributed by atoms with Gasteiger partial charge in [-0.2, -0.15) is 0 Å². The number of likely N-dealkylation sites (tertiary alicyclic amines) is 1. The molecule has 7 heteroatoms. The normalized spacial score (nSPS) is 16.2. The Bertz CT molecular complexity index is 1110. The van der Waals surface area contributed by atoms with Gasteiger partial charge in [0.05, 0.1) is 37.5 Å². The van der Waals surface area contributed by atoms with Crippen molar-refractivity contribution in [1.29, 1.82) is 0 Å². The zero-order valence-electron chi connectivity index (χ0n) is 16.5. The van der Waals surface area contributed by atoms with Crippen molar-refractivity contribution >= 4 is 16.9 Å². The van der Waals surface area contributed by atoms with Crippen LogP contribution in [-0.4, -0.2) is 41.1 Å². The monoisotopic (exact) mass is 393 g/mol. The summed E-state index contributed by atoms with van der Waals surface area (Å²) in [5.41, 5.74) is 2.02. The fourth-order valence-electron chi connectivity index (χ4n) is 3.99. The minimum Gasteiger partial charge on any atom is -0.497 e. The first kappa shape index (κ1) is 19.0. The van der Waals surface area contributed by atoms with Gasteiger partial charge in [0.2, 0.25) is 5.91 Å². The number of carbonyl (C=O) groups is 1. The largest absolute Gasteiger partial charge is 0.497 e. The van der Waals surface area contributed by atoms with E-state index in [1.807, 2.05) is 47.4 Å². The minimum atomic E-state index is -0.283. The number of hydrogen-bond donors (Lipinski definition) is 0. The highest BCUT2D eigenvalue weighted by molar-refractivity contribution is 5.80. The molecule has 0 aliphatic carbocycles. The Morgan fingerprint density at radius 1 is 1.17 bits per heavy atom. The lowest BCUT2D eigenvalue weighted by Crippen LogP contribution is -2.36. The summed E-state index contributed by atoms with van der Waals surface area (Å²) >= 11 is 0. The quantitative estimate of drug-likeness (QED) is 0.666. The number of ether oxygens (including phenoxy) is 2. The van der Waals surface area contributed by atoms with Crippen molar-refractivity contribution in [2.75, 3.05) is 20.8 Å². The Balaban J connectivity index is 1.65. The van der Waals surface area contributed by atoms with E-state index < -0.39 is 0 Å². The van der Waals surface area contributed by atoms with E-state index in [-0.39, 0.29) is 24.1 Å². The predicted octanol–water partition coefficient (Wildman–Crippen LogP) is 2.78. The molecule has 0 radical (unpaired) electrons. The Morgan fingerprint density at radius 3 is 2.79 bits per heavy atom. The molecule has 150 valence electrons. The Kier molecular flexibility index (Phi) is 5.20. The zero-order valence-corrected chi connectivity index (χ0v) is 16.5. The third kappa shape index (κ3) is 3.55. The molecular formula is C22H23N3O4. The molecule has 0 spiro atoms. The lowest BCUT2D eigenvalue weighted by molar-refractivity contribution is -0.132. The number of carbonyl (C=O) groups excluding carboxylic acids is 1. The molecule has 0 N–H and O–H groups in total. The molecule has 1 atom stereocenters. The molecule has 7 nitrogen and oxygen atoms in total. The van der Waals surface area contributed by atoms with Gasteiger partial charge < -0.3 is 14.4 Å². The van der Waals surface area contributed by atoms with E-state index in [4.69, 9.17) is 9.47 Å². The lowest BCUT2D eigenvalue weighted by Gasteiger charge is -2.27. The summed E-state index contributed by atoms with van der Waals surface area (Å²) in [5.74, 6) is 1.31. The van der Waals surface area contributed by atoms with Crippen LogP contribution >= 0.6 is 0 Å². The molecule has 2 heterocycles. The van der Waals surface area contributed by atoms with E-state index in [1.165, 1.54) is 10.8 Å². The second-order valence-corrected chi connectivity index (χ2v) is 7.02. The van der Waals surface area contributed by atoms with Gasteiger partial charge in [0.1, 0.15) is 18.0 Å². The van der Waals surface area contributed by atoms with E-state index in [0.717, 1.165) is 18.4 Å². The van der Waals surface area contributed by atoms with Crippen LogP contribution in [0.1, 0.15) is 24.4 Å². The molecular weight excluding hydrogens is 370 g/mol. The van der Waals surface area contributed by atoms with Crippen LogP contribution in [0, 0.1) is 0 Å². The molecule has 1 aliphatic heterocycles. The second kappa shape index (κ2) is 7.95. The molecule has 1 fully saturated rings. The van der Waals surface area contributed by atoms with Gasteiger partial charge in [-0.3, -0.25) is 14.2 Å². The van der Waals surface area contributed by atoms with E-state index >= 15 is 0 Å². The van der Waals surface area contributed by atoms with Gasteiger partial charge >= 0.3 is 0 Å². The van der Waals surface area contributed by atoms with Gasteiger partial charge in [-0.25, -0.2) is 4.98 Å². The van der Waals surface area contributed by atoms with Gasteiger partial charge in [-0.1, -0.05) is 12.1 Å². The van der Waals surface area contributed by atoms with Crippen LogP contribution in [0.4, 0.5) is 0 Å². The number of rotatable bonds is 5. The molecule has 1 aliphatic rings. The number of benzene rings is 2. The van der Waals surface area contributed by atoms with Crippen LogP contribution in [-0.2, 0) is 11.3 Å². The van der Waals surface area contributed by atoms with E-state index in [9.17, 15) is 9.59 Å². The molecule has 1 aromatic heterocycles. The van der Waals surface area contributed by atoms with Crippen LogP contribution in [0.2, 0.25) is 0 Å². The molecule has 1 saturated heterocycles. The van der Waals surface area contributed by atoms with Crippen molar-refractivity contribution < 1.29 is 14.3 Å². The number of methoxy groups -OCH3 is 2. The smallest absolute Gasteiger partial charge is 0.269 e. The fraction of sp³-hybridized carbons (Fsp3) is 0.318. The summed E-state index contributed by atoms with van der Waals surface area (Å²) in [7, 11) is 3.22. The number of fused-ring (bicyclic) bond motifs is 1. The number of nitrogens with zero attached hydrogens (tertiary/aromatic N) is 3. The van der Waals surface area contributed by atoms with E-state index in [1.54, 1.807) is 14.2 Å². The van der Waals surface area contributed by atoms with Crippen molar-refractivity contribution in [2.24, 2.45) is 0 Å². The highest BCUT2D eigenvalue weighted by Crippen LogP contribution is 2.38. The Labute approximate surface area is 168 Å². The molecule has 3 aromatic rings. The fourth-order valence-corrected chi connectivity index (χ4v) is 3.99. The molecule has 0 saturated carbocycles. The first-order valence-corrected chi connectivity index (χ1v) is 9.58. The number of hydrogen-bond acceptors (Lipinski definition) is 5. The summed E-state index contributed by atoms with van der Waals surface area (Å²) in [6.07, 6.45) is 3.02. The number of para-hydroxylation sites is 2. The van der Waals surface area contributed by atoms with Crippen molar-refractivity contribution in [3.8, 4) is 11.5 Å². The van der Waals surface area contributed by atoms with Crippen LogP contribution in [0.3, 0.4) is 0 Å². The highest BCUT2D eigenvalue weighted by atomic mass is 16.5. The predicted molar refractivity (Wildman–Crippen MR) is 109 cm³/mol. The SMILES string of the molecule is COc1ccc([C@@H]2CCCN2C(=O)Cn2c(=O)cnc3ccccc32)c(OC)c1. The van der Waals surface area contributed by atoms with Crippen LogP contribution in [0.25, 0.3) is 11.0 Å². The van der Waals surface area contributed by atoms with Crippen molar-refractivity contribution in [2.45, 2.75) is 25.4 Å². The highest BCUT2D eigenvalue weighted by Gasteiger charge is 2.32. The molecule has 2 aromatic carbocycles. The molecule has 0 bridgehead atoms. The lowest BCUT2D eigenvalue weighted by atomic mass is 10.0. The molecule has 1 amide bonds. The molecule has 4 rings (SSSR count). The maximum absolute atomic E-state index is 13.2. The third-order valence-electron chi connectivity index (χ3n) is 5.42. The van der Waals surface area contributed by atoms with Gasteiger partial charge in [-0.05, 0) is 37.1 Å². The summed E-state index contributed by atoms with van der Waals surface area (Å²) in [4.78, 5) is 31.6. The number of aromatic nitrogens is 2. The zero-order chi connectivity index (χ0) is 20.4. The first-order chi connectivity index (χ1) is 14.1. The van der Waals surface area contributed by atoms with E-state index in [0.29, 0.717) is 29.1 Å². The van der Waals surface area contributed by atoms with Crippen LogP contribution < -0.4 is 15.0 Å². The first-order valence-electron chi connectivity index (χ1n) is 9.58. The Hall–Kier alpha value is -3.35. The van der Waals surface area contributed by atoms with Crippen LogP contribution in [0.15, 0.2) is 53.5 Å². The van der Waals surface area contributed by atoms with Crippen molar-refractivity contribution in [3.63, 3.8) is 0 Å². The maximum Gasteiger partial charge on any atom is 0.269 e. The van der Waals surface area contributed by atoms with Gasteiger partial charge in [0.25, 0.3) is 5.56 Å². The van der Waals surface area contributed by atoms with Crippen molar-refractivity contribution in [1.82, 2.24) is 14.5 Å².